The number of aliphatic imine (C=N–C) groups is 1. The molecule has 3 N–H and O–H groups in total. The minimum absolute atomic E-state index is 0.0973. The van der Waals surface area contributed by atoms with E-state index >= 15 is 0 Å². The van der Waals surface area contributed by atoms with Crippen LogP contribution in [-0.4, -0.2) is 29.7 Å². The molecule has 27 heavy (non-hydrogen) atoms. The molecule has 2 aliphatic rings. The summed E-state index contributed by atoms with van der Waals surface area (Å²) < 4.78 is 0. The van der Waals surface area contributed by atoms with E-state index in [2.05, 4.69) is 42.9 Å². The molecule has 0 aliphatic heterocycles. The highest BCUT2D eigenvalue weighted by atomic mass is 32.2. The first-order valence-corrected chi connectivity index (χ1v) is 11.0. The lowest BCUT2D eigenvalue weighted by atomic mass is 9.82. The minimum Gasteiger partial charge on any atom is -0.394 e. The van der Waals surface area contributed by atoms with Crippen molar-refractivity contribution in [3.8, 4) is 0 Å². The topological polar surface area (TPSA) is 58.6 Å². The smallest absolute Gasteiger partial charge is 0.0611 e. The van der Waals surface area contributed by atoms with E-state index in [1.807, 2.05) is 17.8 Å². The van der Waals surface area contributed by atoms with Gasteiger partial charge in [-0.3, -0.25) is 4.99 Å². The summed E-state index contributed by atoms with van der Waals surface area (Å²) in [5.41, 5.74) is 10.4. The van der Waals surface area contributed by atoms with Gasteiger partial charge < -0.3 is 10.8 Å². The molecule has 3 nitrogen and oxygen atoms in total. The average Bonchev–Trinajstić information content (AvgIpc) is 3.10. The molecule has 0 amide bonds. The first-order chi connectivity index (χ1) is 13.1. The molecule has 0 spiro atoms. The van der Waals surface area contributed by atoms with E-state index in [-0.39, 0.29) is 12.1 Å². The second kappa shape index (κ2) is 9.22. The van der Waals surface area contributed by atoms with Crippen LogP contribution in [0, 0.1) is 5.92 Å². The molecule has 146 valence electrons. The molecule has 0 radical (unpaired) electrons. The van der Waals surface area contributed by atoms with E-state index < -0.39 is 0 Å². The fourth-order valence-corrected chi connectivity index (χ4v) is 5.44. The monoisotopic (exact) mass is 384 g/mol. The van der Waals surface area contributed by atoms with Crippen LogP contribution in [0.5, 0.6) is 0 Å². The summed E-state index contributed by atoms with van der Waals surface area (Å²) >= 11 is 1.92. The molecule has 0 unspecified atom stereocenters. The second-order valence-corrected chi connectivity index (χ2v) is 9.19. The molecule has 1 saturated carbocycles. The van der Waals surface area contributed by atoms with Crippen LogP contribution in [0.4, 0.5) is 0 Å². The summed E-state index contributed by atoms with van der Waals surface area (Å²) in [5, 5.41) is 9.52. The Morgan fingerprint density at radius 3 is 2.96 bits per heavy atom. The SMILES string of the molecule is C=N/C=C\C(=C/C)SC[C@@H]1CCc2cc([C@H]3CC[C@](N)(CO)C3)ccc2C1. The summed E-state index contributed by atoms with van der Waals surface area (Å²) in [4.78, 5) is 5.06. The quantitative estimate of drug-likeness (QED) is 0.533. The number of fused-ring (bicyclic) bond motifs is 1. The zero-order valence-corrected chi connectivity index (χ0v) is 17.2. The van der Waals surface area contributed by atoms with E-state index in [4.69, 9.17) is 5.73 Å². The van der Waals surface area contributed by atoms with Crippen molar-refractivity contribution in [2.45, 2.75) is 56.9 Å². The number of aryl methyl sites for hydroxylation is 1. The Bertz CT molecular complexity index is 727. The molecule has 0 bridgehead atoms. The van der Waals surface area contributed by atoms with Crippen LogP contribution in [0.2, 0.25) is 0 Å². The Hall–Kier alpha value is -1.36. The van der Waals surface area contributed by atoms with Gasteiger partial charge in [0.05, 0.1) is 6.61 Å². The average molecular weight is 385 g/mol. The Labute approximate surface area is 167 Å². The van der Waals surface area contributed by atoms with Crippen molar-refractivity contribution in [1.29, 1.82) is 0 Å². The van der Waals surface area contributed by atoms with Crippen molar-refractivity contribution < 1.29 is 5.11 Å². The summed E-state index contributed by atoms with van der Waals surface area (Å²) in [6.45, 7) is 5.67. The van der Waals surface area contributed by atoms with Crippen LogP contribution < -0.4 is 5.73 Å². The van der Waals surface area contributed by atoms with Crippen LogP contribution in [-0.2, 0) is 12.8 Å². The standard InChI is InChI=1S/C23H32N2OS/c1-3-22(9-11-25-2)27-15-17-4-5-19-13-20(7-6-18(19)12-17)21-8-10-23(24,14-21)16-26/h3,6-7,9,11,13,17,21,26H,2,4-5,8,10,12,14-16,24H2,1H3/b11-9-,22-3+/t17-,21+,23-/m1/s1. The van der Waals surface area contributed by atoms with Crippen molar-refractivity contribution in [2.24, 2.45) is 16.6 Å². The van der Waals surface area contributed by atoms with Gasteiger partial charge in [0.1, 0.15) is 0 Å². The molecule has 2 aliphatic carbocycles. The molecule has 4 heteroatoms. The number of allylic oxidation sites excluding steroid dienone is 2. The predicted molar refractivity (Wildman–Crippen MR) is 117 cm³/mol. The maximum absolute atomic E-state index is 9.52. The molecule has 3 atom stereocenters. The van der Waals surface area contributed by atoms with Gasteiger partial charge in [0, 0.05) is 22.4 Å². The van der Waals surface area contributed by atoms with Crippen molar-refractivity contribution >= 4 is 18.5 Å². The van der Waals surface area contributed by atoms with Crippen molar-refractivity contribution in [1.82, 2.24) is 0 Å². The van der Waals surface area contributed by atoms with Gasteiger partial charge in [-0.05, 0) is 86.8 Å². The lowest BCUT2D eigenvalue weighted by Crippen LogP contribution is -2.40. The number of aliphatic hydroxyl groups is 1. The first kappa shape index (κ1) is 20.4. The minimum atomic E-state index is -0.372. The Kier molecular flexibility index (Phi) is 6.96. The molecule has 0 heterocycles. The molecule has 3 rings (SSSR count). The van der Waals surface area contributed by atoms with E-state index in [0.29, 0.717) is 5.92 Å². The zero-order valence-electron chi connectivity index (χ0n) is 16.4. The Morgan fingerprint density at radius 2 is 2.26 bits per heavy atom. The molecule has 0 aromatic heterocycles. The second-order valence-electron chi connectivity index (χ2n) is 8.10. The number of nitrogens with zero attached hydrogens (tertiary/aromatic N) is 1. The predicted octanol–water partition coefficient (Wildman–Crippen LogP) is 4.60. The van der Waals surface area contributed by atoms with Crippen LogP contribution in [0.25, 0.3) is 0 Å². The summed E-state index contributed by atoms with van der Waals surface area (Å²) in [7, 11) is 0. The fourth-order valence-electron chi connectivity index (χ4n) is 4.40. The van der Waals surface area contributed by atoms with Crippen molar-refractivity contribution in [2.75, 3.05) is 12.4 Å². The molecular formula is C23H32N2OS. The van der Waals surface area contributed by atoms with Gasteiger partial charge in [-0.15, -0.1) is 11.8 Å². The largest absolute Gasteiger partial charge is 0.394 e. The number of rotatable bonds is 7. The maximum Gasteiger partial charge on any atom is 0.0611 e. The molecule has 1 aromatic rings. The molecular weight excluding hydrogens is 352 g/mol. The molecule has 1 fully saturated rings. The summed E-state index contributed by atoms with van der Waals surface area (Å²) in [6, 6.07) is 7.06. The third-order valence-corrected chi connectivity index (χ3v) is 7.45. The van der Waals surface area contributed by atoms with Crippen LogP contribution in [0.15, 0.2) is 46.4 Å². The summed E-state index contributed by atoms with van der Waals surface area (Å²) in [6.07, 6.45) is 12.5. The lowest BCUT2D eigenvalue weighted by molar-refractivity contribution is 0.198. The highest BCUT2D eigenvalue weighted by molar-refractivity contribution is 8.03. The van der Waals surface area contributed by atoms with Gasteiger partial charge in [-0.2, -0.15) is 0 Å². The normalized spacial score (nSPS) is 28.5. The van der Waals surface area contributed by atoms with Gasteiger partial charge in [-0.1, -0.05) is 24.3 Å². The van der Waals surface area contributed by atoms with Gasteiger partial charge >= 0.3 is 0 Å². The van der Waals surface area contributed by atoms with E-state index in [1.165, 1.54) is 40.9 Å². The van der Waals surface area contributed by atoms with Crippen molar-refractivity contribution in [3.05, 3.63) is 58.1 Å². The number of hydrogen-bond donors (Lipinski definition) is 2. The van der Waals surface area contributed by atoms with Gasteiger partial charge in [-0.25, -0.2) is 0 Å². The highest BCUT2D eigenvalue weighted by Crippen LogP contribution is 2.41. The van der Waals surface area contributed by atoms with Crippen LogP contribution in [0.1, 0.15) is 55.2 Å². The molecule has 1 aromatic carbocycles. The Balaban J connectivity index is 1.59. The third kappa shape index (κ3) is 5.13. The lowest BCUT2D eigenvalue weighted by Gasteiger charge is -2.26. The maximum atomic E-state index is 9.52. The third-order valence-electron chi connectivity index (χ3n) is 6.11. The van der Waals surface area contributed by atoms with Crippen LogP contribution in [0.3, 0.4) is 0 Å². The first-order valence-electron chi connectivity index (χ1n) is 10.00. The number of hydrogen-bond acceptors (Lipinski definition) is 4. The van der Waals surface area contributed by atoms with E-state index in [0.717, 1.165) is 30.9 Å². The van der Waals surface area contributed by atoms with E-state index in [9.17, 15) is 5.11 Å². The Morgan fingerprint density at radius 1 is 1.41 bits per heavy atom. The van der Waals surface area contributed by atoms with E-state index in [1.54, 1.807) is 6.20 Å². The fraction of sp³-hybridized carbons (Fsp3) is 0.522. The number of benzene rings is 1. The highest BCUT2D eigenvalue weighted by Gasteiger charge is 2.36. The zero-order chi connectivity index (χ0) is 19.3. The van der Waals surface area contributed by atoms with Crippen LogP contribution >= 0.6 is 11.8 Å². The number of thioether (sulfide) groups is 1. The summed E-state index contributed by atoms with van der Waals surface area (Å²) in [5.74, 6) is 2.38. The molecule has 0 saturated heterocycles. The van der Waals surface area contributed by atoms with Gasteiger partial charge in [0.2, 0.25) is 0 Å². The van der Waals surface area contributed by atoms with Gasteiger partial charge in [0.15, 0.2) is 0 Å². The van der Waals surface area contributed by atoms with Gasteiger partial charge in [0.25, 0.3) is 0 Å². The number of nitrogens with two attached hydrogens (primary N) is 1. The van der Waals surface area contributed by atoms with Crippen molar-refractivity contribution in [3.63, 3.8) is 0 Å². The number of aliphatic hydroxyl groups excluding tert-OH is 1.